The molecule has 0 aromatic rings. The Morgan fingerprint density at radius 2 is 1.90 bits per heavy atom. The number of piperazine rings is 1. The first-order valence-corrected chi connectivity index (χ1v) is 5.84. The number of nitrogens with one attached hydrogen (secondary N) is 2. The van der Waals surface area contributed by atoms with Crippen molar-refractivity contribution in [2.75, 3.05) is 32.1 Å². The maximum absolute atomic E-state index is 3.50. The Labute approximate surface area is 70.9 Å². The Morgan fingerprint density at radius 3 is 2.20 bits per heavy atom. The van der Waals surface area contributed by atoms with Crippen LogP contribution in [-0.2, 0) is 0 Å². The summed E-state index contributed by atoms with van der Waals surface area (Å²) in [5, 5.41) is 6.87. The highest BCUT2D eigenvalue weighted by Crippen LogP contribution is 2.30. The average Bonchev–Trinajstić information content (AvgIpc) is 2.06. The number of hydrogen-bond acceptors (Lipinski definition) is 4. The third-order valence-electron chi connectivity index (χ3n) is 1.71. The highest BCUT2D eigenvalue weighted by Gasteiger charge is 2.28. The van der Waals surface area contributed by atoms with Crippen molar-refractivity contribution in [3.63, 3.8) is 0 Å². The molecule has 2 N–H and O–H groups in total. The first kappa shape index (κ1) is 8.71. The zero-order valence-corrected chi connectivity index (χ0v) is 8.07. The maximum Gasteiger partial charge on any atom is 0.124 e. The van der Waals surface area contributed by atoms with Crippen LogP contribution < -0.4 is 10.6 Å². The van der Waals surface area contributed by atoms with Crippen LogP contribution in [0.1, 0.15) is 0 Å². The van der Waals surface area contributed by atoms with Gasteiger partial charge in [0.15, 0.2) is 0 Å². The Kier molecular flexibility index (Phi) is 3.36. The molecule has 1 saturated heterocycles. The molecule has 1 aliphatic rings. The SMILES string of the molecule is CSC1(SC)CNCCN1. The molecule has 1 fully saturated rings. The summed E-state index contributed by atoms with van der Waals surface area (Å²) < 4.78 is 0.234. The van der Waals surface area contributed by atoms with E-state index in [4.69, 9.17) is 0 Å². The minimum Gasteiger partial charge on any atom is -0.312 e. The maximum atomic E-state index is 3.50. The Bertz CT molecular complexity index is 95.9. The molecule has 0 aliphatic carbocycles. The lowest BCUT2D eigenvalue weighted by Gasteiger charge is -2.35. The summed E-state index contributed by atoms with van der Waals surface area (Å²) in [5.41, 5.74) is 0. The summed E-state index contributed by atoms with van der Waals surface area (Å²) in [6.07, 6.45) is 4.30. The molecule has 0 atom stereocenters. The molecular formula is C6H14N2S2. The molecule has 0 saturated carbocycles. The third-order valence-corrected chi connectivity index (χ3v) is 4.61. The number of hydrogen-bond donors (Lipinski definition) is 2. The van der Waals surface area contributed by atoms with Gasteiger partial charge in [-0.25, -0.2) is 0 Å². The fourth-order valence-corrected chi connectivity index (χ4v) is 2.68. The van der Waals surface area contributed by atoms with Gasteiger partial charge in [-0.1, -0.05) is 0 Å². The molecule has 0 spiro atoms. The van der Waals surface area contributed by atoms with Crippen molar-refractivity contribution in [2.24, 2.45) is 0 Å². The van der Waals surface area contributed by atoms with Crippen molar-refractivity contribution < 1.29 is 0 Å². The van der Waals surface area contributed by atoms with E-state index < -0.39 is 0 Å². The molecule has 2 nitrogen and oxygen atoms in total. The molecule has 1 heterocycles. The number of rotatable bonds is 2. The molecule has 0 amide bonds. The van der Waals surface area contributed by atoms with Crippen molar-refractivity contribution in [1.29, 1.82) is 0 Å². The van der Waals surface area contributed by atoms with Gasteiger partial charge in [0, 0.05) is 19.6 Å². The molecule has 1 rings (SSSR count). The Morgan fingerprint density at radius 1 is 1.20 bits per heavy atom. The zero-order chi connectivity index (χ0) is 7.45. The largest absolute Gasteiger partial charge is 0.312 e. The van der Waals surface area contributed by atoms with Crippen molar-refractivity contribution >= 4 is 23.5 Å². The minimum atomic E-state index is 0.234. The van der Waals surface area contributed by atoms with E-state index in [1.54, 1.807) is 0 Å². The molecule has 0 aromatic heterocycles. The molecular weight excluding hydrogens is 164 g/mol. The predicted molar refractivity (Wildman–Crippen MR) is 50.6 cm³/mol. The van der Waals surface area contributed by atoms with Crippen LogP contribution in [0.25, 0.3) is 0 Å². The van der Waals surface area contributed by atoms with Crippen LogP contribution in [0, 0.1) is 0 Å². The monoisotopic (exact) mass is 178 g/mol. The van der Waals surface area contributed by atoms with Gasteiger partial charge in [-0.2, -0.15) is 0 Å². The van der Waals surface area contributed by atoms with E-state index in [2.05, 4.69) is 23.1 Å². The Balaban J connectivity index is 2.44. The summed E-state index contributed by atoms with van der Waals surface area (Å²) >= 11 is 3.77. The van der Waals surface area contributed by atoms with Crippen LogP contribution in [0.5, 0.6) is 0 Å². The van der Waals surface area contributed by atoms with Crippen LogP contribution in [0.3, 0.4) is 0 Å². The van der Waals surface area contributed by atoms with Crippen LogP contribution in [0.4, 0.5) is 0 Å². The molecule has 0 bridgehead atoms. The van der Waals surface area contributed by atoms with Crippen LogP contribution in [-0.4, -0.2) is 36.3 Å². The van der Waals surface area contributed by atoms with E-state index in [1.807, 2.05) is 23.5 Å². The lowest BCUT2D eigenvalue weighted by molar-refractivity contribution is 0.481. The first-order chi connectivity index (χ1) is 4.83. The summed E-state index contributed by atoms with van der Waals surface area (Å²) in [6, 6.07) is 0. The quantitative estimate of drug-likeness (QED) is 0.603. The van der Waals surface area contributed by atoms with E-state index in [0.29, 0.717) is 0 Å². The normalized spacial score (nSPS) is 24.6. The lowest BCUT2D eigenvalue weighted by Crippen LogP contribution is -2.54. The van der Waals surface area contributed by atoms with Gasteiger partial charge in [0.25, 0.3) is 0 Å². The molecule has 0 unspecified atom stereocenters. The topological polar surface area (TPSA) is 24.1 Å². The van der Waals surface area contributed by atoms with Gasteiger partial charge < -0.3 is 5.32 Å². The van der Waals surface area contributed by atoms with E-state index >= 15 is 0 Å². The highest BCUT2D eigenvalue weighted by atomic mass is 32.2. The van der Waals surface area contributed by atoms with Gasteiger partial charge in [-0.3, -0.25) is 5.32 Å². The Hall–Kier alpha value is 0.620. The summed E-state index contributed by atoms with van der Waals surface area (Å²) in [5.74, 6) is 0. The summed E-state index contributed by atoms with van der Waals surface area (Å²) in [4.78, 5) is 0. The van der Waals surface area contributed by atoms with Crippen molar-refractivity contribution in [3.05, 3.63) is 0 Å². The van der Waals surface area contributed by atoms with Gasteiger partial charge in [0.05, 0.1) is 0 Å². The minimum absolute atomic E-state index is 0.234. The first-order valence-electron chi connectivity index (χ1n) is 3.39. The standard InChI is InChI=1S/C6H14N2S2/c1-9-6(10-2)5-7-3-4-8-6/h7-8H,3-5H2,1-2H3. The molecule has 0 radical (unpaired) electrons. The van der Waals surface area contributed by atoms with Crippen molar-refractivity contribution in [3.8, 4) is 0 Å². The second kappa shape index (κ2) is 3.85. The lowest BCUT2D eigenvalue weighted by atomic mass is 10.4. The summed E-state index contributed by atoms with van der Waals surface area (Å²) in [6.45, 7) is 3.25. The fourth-order valence-electron chi connectivity index (χ4n) is 1.03. The van der Waals surface area contributed by atoms with Crippen molar-refractivity contribution in [1.82, 2.24) is 10.6 Å². The van der Waals surface area contributed by atoms with Crippen molar-refractivity contribution in [2.45, 2.75) is 4.20 Å². The van der Waals surface area contributed by atoms with Gasteiger partial charge >= 0.3 is 0 Å². The van der Waals surface area contributed by atoms with E-state index in [0.717, 1.165) is 19.6 Å². The van der Waals surface area contributed by atoms with E-state index in [9.17, 15) is 0 Å². The van der Waals surface area contributed by atoms with Crippen LogP contribution in [0.2, 0.25) is 0 Å². The van der Waals surface area contributed by atoms with E-state index in [-0.39, 0.29) is 4.20 Å². The second-order valence-electron chi connectivity index (χ2n) is 2.26. The van der Waals surface area contributed by atoms with Gasteiger partial charge in [-0.15, -0.1) is 23.5 Å². The highest BCUT2D eigenvalue weighted by molar-refractivity contribution is 8.17. The summed E-state index contributed by atoms with van der Waals surface area (Å²) in [7, 11) is 0. The molecule has 1 aliphatic heterocycles. The van der Waals surface area contributed by atoms with E-state index in [1.165, 1.54) is 0 Å². The third kappa shape index (κ3) is 1.81. The predicted octanol–water partition coefficient (Wildman–Crippen LogP) is 0.559. The molecule has 60 valence electrons. The second-order valence-corrected chi connectivity index (χ2v) is 4.73. The molecule has 4 heteroatoms. The average molecular weight is 178 g/mol. The van der Waals surface area contributed by atoms with Crippen LogP contribution in [0.15, 0.2) is 0 Å². The number of thioether (sulfide) groups is 2. The zero-order valence-electron chi connectivity index (χ0n) is 6.44. The fraction of sp³-hybridized carbons (Fsp3) is 1.00. The smallest absolute Gasteiger partial charge is 0.124 e. The van der Waals surface area contributed by atoms with Gasteiger partial charge in [0.1, 0.15) is 4.20 Å². The van der Waals surface area contributed by atoms with Gasteiger partial charge in [0.2, 0.25) is 0 Å². The molecule has 0 aromatic carbocycles. The van der Waals surface area contributed by atoms with Crippen LogP contribution >= 0.6 is 23.5 Å². The molecule has 10 heavy (non-hydrogen) atoms. The van der Waals surface area contributed by atoms with Gasteiger partial charge in [-0.05, 0) is 12.5 Å².